The second-order valence-corrected chi connectivity index (χ2v) is 15.6. The maximum atomic E-state index is 11.2. The zero-order chi connectivity index (χ0) is 36.2. The van der Waals surface area contributed by atoms with Crippen LogP contribution in [0, 0.1) is 3.57 Å². The van der Waals surface area contributed by atoms with Gasteiger partial charge in [-0.05, 0) is 166 Å². The molecular formula is C47H31IO3S2. The Kier molecular flexibility index (Phi) is 8.77. The number of benzene rings is 7. The summed E-state index contributed by atoms with van der Waals surface area (Å²) in [4.78, 5) is 13.1. The van der Waals surface area contributed by atoms with Gasteiger partial charge in [0.15, 0.2) is 0 Å². The summed E-state index contributed by atoms with van der Waals surface area (Å²) in [7, 11) is 0. The first-order valence-electron chi connectivity index (χ1n) is 17.3. The number of fused-ring (bicyclic) bond motifs is 10. The summed E-state index contributed by atoms with van der Waals surface area (Å²) in [6.07, 6.45) is 2.11. The Bertz CT molecular complexity index is 2500. The monoisotopic (exact) mass is 834 g/mol. The fraction of sp³-hybridized carbons (Fsp3) is 0.0426. The van der Waals surface area contributed by atoms with E-state index in [-0.39, 0.29) is 6.42 Å². The van der Waals surface area contributed by atoms with Crippen LogP contribution in [0.25, 0.3) is 72.3 Å². The average molecular weight is 835 g/mol. The van der Waals surface area contributed by atoms with Gasteiger partial charge in [0, 0.05) is 9.79 Å². The van der Waals surface area contributed by atoms with Crippen molar-refractivity contribution < 1.29 is 14.6 Å². The van der Waals surface area contributed by atoms with Crippen molar-refractivity contribution in [1.82, 2.24) is 0 Å². The zero-order valence-corrected chi connectivity index (χ0v) is 32.3. The lowest BCUT2D eigenvalue weighted by molar-refractivity contribution is -0.136. The molecule has 1 N–H and O–H groups in total. The molecule has 3 nitrogen and oxygen atoms in total. The molecule has 7 aromatic carbocycles. The third-order valence-electron chi connectivity index (χ3n) is 10.1. The van der Waals surface area contributed by atoms with E-state index in [1.165, 1.54) is 55.6 Å². The van der Waals surface area contributed by atoms with Gasteiger partial charge in [-0.15, -0.1) is 25.3 Å². The number of carboxylic acid groups (broad SMARTS) is 1. The lowest BCUT2D eigenvalue weighted by Gasteiger charge is -2.14. The van der Waals surface area contributed by atoms with Crippen molar-refractivity contribution in [2.24, 2.45) is 0 Å². The van der Waals surface area contributed by atoms with Crippen LogP contribution < -0.4 is 4.74 Å². The normalized spacial score (nSPS) is 11.6. The largest absolute Gasteiger partial charge is 0.488 e. The fourth-order valence-corrected chi connectivity index (χ4v) is 8.75. The van der Waals surface area contributed by atoms with E-state index in [0.717, 1.165) is 52.5 Å². The lowest BCUT2D eigenvalue weighted by atomic mass is 9.92. The molecule has 2 aliphatic rings. The van der Waals surface area contributed by atoms with Gasteiger partial charge >= 0.3 is 5.97 Å². The molecule has 4 bridgehead atoms. The Hall–Kier alpha value is -5.02. The third-order valence-corrected chi connectivity index (χ3v) is 11.5. The number of halogens is 1. The number of thiol groups is 2. The first-order chi connectivity index (χ1) is 25.8. The van der Waals surface area contributed by atoms with Crippen LogP contribution in [-0.4, -0.2) is 17.7 Å². The van der Waals surface area contributed by atoms with E-state index in [2.05, 4.69) is 163 Å². The van der Waals surface area contributed by atoms with Crippen molar-refractivity contribution in [2.75, 3.05) is 6.61 Å². The van der Waals surface area contributed by atoms with E-state index in [1.807, 2.05) is 30.3 Å². The molecular weight excluding hydrogens is 804 g/mol. The number of ether oxygens (including phenoxy) is 1. The maximum absolute atomic E-state index is 11.2. The molecule has 0 fully saturated rings. The first-order valence-corrected chi connectivity index (χ1v) is 19.3. The Labute approximate surface area is 333 Å². The molecule has 0 aromatic heterocycles. The number of carboxylic acids is 1. The highest BCUT2D eigenvalue weighted by atomic mass is 127. The van der Waals surface area contributed by atoms with Gasteiger partial charge in [0.25, 0.3) is 0 Å². The van der Waals surface area contributed by atoms with Crippen molar-refractivity contribution in [3.63, 3.8) is 0 Å². The number of hydrogen-bond acceptors (Lipinski definition) is 4. The molecule has 0 amide bonds. The van der Waals surface area contributed by atoms with Crippen LogP contribution in [0.15, 0.2) is 155 Å². The molecule has 6 heteroatoms. The Morgan fingerprint density at radius 2 is 1.00 bits per heavy atom. The molecule has 0 unspecified atom stereocenters. The quantitative estimate of drug-likeness (QED) is 0.100. The minimum atomic E-state index is -0.853. The van der Waals surface area contributed by atoms with E-state index in [4.69, 9.17) is 4.74 Å². The van der Waals surface area contributed by atoms with Crippen molar-refractivity contribution in [3.8, 4) is 72.5 Å². The molecule has 0 heterocycles. The van der Waals surface area contributed by atoms with E-state index in [1.54, 1.807) is 0 Å². The minimum absolute atomic E-state index is 0.0188. The van der Waals surface area contributed by atoms with Crippen LogP contribution >= 0.6 is 47.8 Å². The minimum Gasteiger partial charge on any atom is -0.488 e. The van der Waals surface area contributed by atoms with Gasteiger partial charge in [0.2, 0.25) is 0 Å². The van der Waals surface area contributed by atoms with Crippen LogP contribution in [0.3, 0.4) is 0 Å². The Morgan fingerprint density at radius 3 is 1.49 bits per heavy atom. The van der Waals surface area contributed by atoms with Crippen molar-refractivity contribution >= 4 is 59.4 Å². The van der Waals surface area contributed by atoms with E-state index in [0.29, 0.717) is 6.61 Å². The molecule has 0 atom stereocenters. The predicted octanol–water partition coefficient (Wildman–Crippen LogP) is 12.6. The third kappa shape index (κ3) is 6.39. The van der Waals surface area contributed by atoms with Crippen molar-refractivity contribution in [1.29, 1.82) is 0 Å². The second kappa shape index (κ2) is 13.8. The standard InChI is InChI=1S/C47H31IO3S2/c48-45-21-27(22-47(49)50)1-18-46(45)51-20-19-36(28-2-6-30(7-3-28)37-14-10-32-23-41(37)43-25-34(52)12-16-39(32)43)29-4-8-31(9-5-29)38-15-11-33-24-42(38)44-26-35(53)13-17-40(33)44/h1-19,21,23-26,52-53H,20,22H2,(H,49,50). The topological polar surface area (TPSA) is 46.5 Å². The Balaban J connectivity index is 1.05. The van der Waals surface area contributed by atoms with Gasteiger partial charge in [-0.3, -0.25) is 4.79 Å². The van der Waals surface area contributed by atoms with E-state index in [9.17, 15) is 9.90 Å². The Morgan fingerprint density at radius 1 is 0.547 bits per heavy atom. The lowest BCUT2D eigenvalue weighted by Crippen LogP contribution is -2.02. The molecule has 0 spiro atoms. The molecule has 256 valence electrons. The number of rotatable bonds is 9. The van der Waals surface area contributed by atoms with Gasteiger partial charge in [0.1, 0.15) is 12.4 Å². The summed E-state index contributed by atoms with van der Waals surface area (Å²) in [5, 5.41) is 9.22. The molecule has 0 aliphatic heterocycles. The zero-order valence-electron chi connectivity index (χ0n) is 28.3. The number of carbonyl (C=O) groups is 1. The smallest absolute Gasteiger partial charge is 0.307 e. The highest BCUT2D eigenvalue weighted by Gasteiger charge is 2.22. The molecule has 2 aliphatic carbocycles. The predicted molar refractivity (Wildman–Crippen MR) is 230 cm³/mol. The fourth-order valence-electron chi connectivity index (χ4n) is 7.61. The van der Waals surface area contributed by atoms with Crippen LogP contribution in [0.5, 0.6) is 5.75 Å². The van der Waals surface area contributed by atoms with Crippen LogP contribution in [0.2, 0.25) is 0 Å². The number of hydrogen-bond donors (Lipinski definition) is 3. The molecule has 0 saturated carbocycles. The summed E-state index contributed by atoms with van der Waals surface area (Å²) in [6, 6.07) is 49.2. The summed E-state index contributed by atoms with van der Waals surface area (Å²) in [5.41, 5.74) is 18.6. The van der Waals surface area contributed by atoms with E-state index >= 15 is 0 Å². The number of aliphatic carboxylic acids is 1. The maximum Gasteiger partial charge on any atom is 0.307 e. The molecule has 9 rings (SSSR count). The first kappa shape index (κ1) is 33.8. The summed E-state index contributed by atoms with van der Waals surface area (Å²) in [6.45, 7) is 0.343. The highest BCUT2D eigenvalue weighted by Crippen LogP contribution is 2.48. The van der Waals surface area contributed by atoms with Gasteiger partial charge in [-0.2, -0.15) is 0 Å². The molecule has 0 saturated heterocycles. The van der Waals surface area contributed by atoms with Crippen molar-refractivity contribution in [3.05, 3.63) is 166 Å². The van der Waals surface area contributed by atoms with Crippen LogP contribution in [-0.2, 0) is 11.2 Å². The van der Waals surface area contributed by atoms with Gasteiger partial charge in [-0.25, -0.2) is 0 Å². The van der Waals surface area contributed by atoms with Crippen LogP contribution in [0.4, 0.5) is 0 Å². The van der Waals surface area contributed by atoms with Gasteiger partial charge in [0.05, 0.1) is 9.99 Å². The highest BCUT2D eigenvalue weighted by molar-refractivity contribution is 14.1. The average Bonchev–Trinajstić information content (AvgIpc) is 3.59. The second-order valence-electron chi connectivity index (χ2n) is 13.4. The van der Waals surface area contributed by atoms with Crippen LogP contribution in [0.1, 0.15) is 16.7 Å². The molecule has 53 heavy (non-hydrogen) atoms. The summed E-state index contributed by atoms with van der Waals surface area (Å²) < 4.78 is 7.15. The molecule has 7 aromatic rings. The van der Waals surface area contributed by atoms with E-state index < -0.39 is 5.97 Å². The summed E-state index contributed by atoms with van der Waals surface area (Å²) in [5.74, 6) is -0.132. The van der Waals surface area contributed by atoms with Crippen molar-refractivity contribution in [2.45, 2.75) is 16.2 Å². The summed E-state index contributed by atoms with van der Waals surface area (Å²) >= 11 is 11.4. The van der Waals surface area contributed by atoms with Gasteiger partial charge in [-0.1, -0.05) is 91.0 Å². The van der Waals surface area contributed by atoms with Gasteiger partial charge < -0.3 is 9.84 Å². The molecule has 0 radical (unpaired) electrons. The SMILES string of the molecule is O=C(O)Cc1ccc(OCC=C(c2ccc(-c3ccc4cc3-c3cc(S)ccc3-4)cc2)c2ccc(-c3ccc4cc3-c3cc(S)ccc3-4)cc2)c(I)c1.